The van der Waals surface area contributed by atoms with Gasteiger partial charge in [-0.15, -0.1) is 0 Å². The molecule has 2 atom stereocenters. The lowest BCUT2D eigenvalue weighted by Gasteiger charge is -2.13. The van der Waals surface area contributed by atoms with E-state index in [-0.39, 0.29) is 12.1 Å². The average molecular weight is 229 g/mol. The van der Waals surface area contributed by atoms with E-state index in [0.717, 1.165) is 12.8 Å². The van der Waals surface area contributed by atoms with Crippen LogP contribution in [0.15, 0.2) is 0 Å². The molecule has 0 aliphatic heterocycles. The van der Waals surface area contributed by atoms with Gasteiger partial charge in [0.25, 0.3) is 0 Å². The van der Waals surface area contributed by atoms with E-state index in [2.05, 4.69) is 6.92 Å². The SMILES string of the molecule is CCCCCCCCCCC[C@@H](O)C(C)N. The lowest BCUT2D eigenvalue weighted by molar-refractivity contribution is 0.138. The van der Waals surface area contributed by atoms with E-state index in [4.69, 9.17) is 5.73 Å². The monoisotopic (exact) mass is 229 g/mol. The molecule has 0 bridgehead atoms. The Labute approximate surface area is 102 Å². The Hall–Kier alpha value is -0.0800. The summed E-state index contributed by atoms with van der Waals surface area (Å²) in [7, 11) is 0. The van der Waals surface area contributed by atoms with Crippen molar-refractivity contribution in [2.45, 2.75) is 90.2 Å². The summed E-state index contributed by atoms with van der Waals surface area (Å²) in [5.74, 6) is 0. The first-order valence-electron chi connectivity index (χ1n) is 7.12. The van der Waals surface area contributed by atoms with Gasteiger partial charge in [0.15, 0.2) is 0 Å². The summed E-state index contributed by atoms with van der Waals surface area (Å²) in [6.07, 6.45) is 12.5. The lowest BCUT2D eigenvalue weighted by Crippen LogP contribution is -2.31. The van der Waals surface area contributed by atoms with Gasteiger partial charge < -0.3 is 10.8 Å². The third kappa shape index (κ3) is 10.4. The quantitative estimate of drug-likeness (QED) is 0.532. The number of hydrogen-bond donors (Lipinski definition) is 2. The zero-order valence-corrected chi connectivity index (χ0v) is 11.3. The van der Waals surface area contributed by atoms with Crippen LogP contribution in [0.25, 0.3) is 0 Å². The third-order valence-electron chi connectivity index (χ3n) is 3.21. The van der Waals surface area contributed by atoms with Gasteiger partial charge in [0.05, 0.1) is 6.10 Å². The van der Waals surface area contributed by atoms with E-state index >= 15 is 0 Å². The first kappa shape index (κ1) is 15.9. The maximum absolute atomic E-state index is 9.50. The molecule has 0 aliphatic rings. The highest BCUT2D eigenvalue weighted by atomic mass is 16.3. The van der Waals surface area contributed by atoms with Crippen LogP contribution >= 0.6 is 0 Å². The fourth-order valence-corrected chi connectivity index (χ4v) is 1.93. The number of nitrogens with two attached hydrogens (primary N) is 1. The molecule has 0 aromatic rings. The van der Waals surface area contributed by atoms with Crippen molar-refractivity contribution in [2.75, 3.05) is 0 Å². The fraction of sp³-hybridized carbons (Fsp3) is 1.00. The first-order valence-corrected chi connectivity index (χ1v) is 7.12. The van der Waals surface area contributed by atoms with Crippen LogP contribution in [0, 0.1) is 0 Å². The van der Waals surface area contributed by atoms with Crippen LogP contribution in [0.2, 0.25) is 0 Å². The van der Waals surface area contributed by atoms with Crippen molar-refractivity contribution in [2.24, 2.45) is 5.73 Å². The van der Waals surface area contributed by atoms with E-state index in [1.54, 1.807) is 0 Å². The van der Waals surface area contributed by atoms with Crippen molar-refractivity contribution >= 4 is 0 Å². The Balaban J connectivity index is 3.04. The number of aliphatic hydroxyl groups is 1. The van der Waals surface area contributed by atoms with E-state index in [1.165, 1.54) is 51.4 Å². The molecule has 0 radical (unpaired) electrons. The highest BCUT2D eigenvalue weighted by Crippen LogP contribution is 2.11. The molecule has 0 saturated heterocycles. The van der Waals surface area contributed by atoms with Gasteiger partial charge in [-0.2, -0.15) is 0 Å². The number of rotatable bonds is 11. The molecule has 0 amide bonds. The summed E-state index contributed by atoms with van der Waals surface area (Å²) in [4.78, 5) is 0. The predicted octanol–water partition coefficient (Wildman–Crippen LogP) is 3.62. The molecule has 3 N–H and O–H groups in total. The average Bonchev–Trinajstić information content (AvgIpc) is 2.26. The molecule has 0 saturated carbocycles. The van der Waals surface area contributed by atoms with E-state index in [1.807, 2.05) is 6.92 Å². The maximum Gasteiger partial charge on any atom is 0.0688 e. The molecule has 0 spiro atoms. The van der Waals surface area contributed by atoms with Gasteiger partial charge in [-0.3, -0.25) is 0 Å². The fourth-order valence-electron chi connectivity index (χ4n) is 1.93. The molecular weight excluding hydrogens is 198 g/mol. The van der Waals surface area contributed by atoms with Gasteiger partial charge >= 0.3 is 0 Å². The Morgan fingerprint density at radius 2 is 1.31 bits per heavy atom. The topological polar surface area (TPSA) is 46.2 Å². The number of unbranched alkanes of at least 4 members (excludes halogenated alkanes) is 8. The zero-order valence-electron chi connectivity index (χ0n) is 11.3. The second-order valence-corrected chi connectivity index (χ2v) is 5.04. The summed E-state index contributed by atoms with van der Waals surface area (Å²) in [6.45, 7) is 4.13. The standard InChI is InChI=1S/C14H31NO/c1-3-4-5-6-7-8-9-10-11-12-14(16)13(2)15/h13-14,16H,3-12,15H2,1-2H3/t13?,14-/m1/s1. The maximum atomic E-state index is 9.50. The van der Waals surface area contributed by atoms with Crippen molar-refractivity contribution in [3.05, 3.63) is 0 Å². The molecule has 2 heteroatoms. The van der Waals surface area contributed by atoms with Gasteiger partial charge in [0.2, 0.25) is 0 Å². The minimum atomic E-state index is -0.301. The highest BCUT2D eigenvalue weighted by Gasteiger charge is 2.07. The molecule has 0 heterocycles. The van der Waals surface area contributed by atoms with Crippen molar-refractivity contribution in [3.63, 3.8) is 0 Å². The van der Waals surface area contributed by atoms with Crippen LogP contribution < -0.4 is 5.73 Å². The molecule has 98 valence electrons. The zero-order chi connectivity index (χ0) is 12.2. The van der Waals surface area contributed by atoms with Gasteiger partial charge in [-0.25, -0.2) is 0 Å². The summed E-state index contributed by atoms with van der Waals surface area (Å²) < 4.78 is 0. The molecule has 0 aliphatic carbocycles. The summed E-state index contributed by atoms with van der Waals surface area (Å²) >= 11 is 0. The molecular formula is C14H31NO. The number of hydrogen-bond acceptors (Lipinski definition) is 2. The Bertz CT molecular complexity index is 137. The van der Waals surface area contributed by atoms with Crippen LogP contribution in [-0.2, 0) is 0 Å². The molecule has 0 rings (SSSR count). The third-order valence-corrected chi connectivity index (χ3v) is 3.21. The normalized spacial score (nSPS) is 15.0. The van der Waals surface area contributed by atoms with Crippen molar-refractivity contribution in [1.82, 2.24) is 0 Å². The second-order valence-electron chi connectivity index (χ2n) is 5.04. The Kier molecular flexibility index (Phi) is 11.3. The molecule has 1 unspecified atom stereocenters. The van der Waals surface area contributed by atoms with E-state index < -0.39 is 0 Å². The van der Waals surface area contributed by atoms with Crippen LogP contribution in [-0.4, -0.2) is 17.3 Å². The van der Waals surface area contributed by atoms with Crippen LogP contribution in [0.3, 0.4) is 0 Å². The van der Waals surface area contributed by atoms with E-state index in [0.29, 0.717) is 0 Å². The van der Waals surface area contributed by atoms with Crippen molar-refractivity contribution in [1.29, 1.82) is 0 Å². The number of aliphatic hydroxyl groups excluding tert-OH is 1. The summed E-state index contributed by atoms with van der Waals surface area (Å²) in [5, 5.41) is 9.50. The largest absolute Gasteiger partial charge is 0.392 e. The Morgan fingerprint density at radius 3 is 1.75 bits per heavy atom. The van der Waals surface area contributed by atoms with Crippen molar-refractivity contribution < 1.29 is 5.11 Å². The molecule has 2 nitrogen and oxygen atoms in total. The van der Waals surface area contributed by atoms with Crippen LogP contribution in [0.5, 0.6) is 0 Å². The lowest BCUT2D eigenvalue weighted by atomic mass is 10.0. The Morgan fingerprint density at radius 1 is 0.875 bits per heavy atom. The smallest absolute Gasteiger partial charge is 0.0688 e. The summed E-state index contributed by atoms with van der Waals surface area (Å²) in [5.41, 5.74) is 5.59. The van der Waals surface area contributed by atoms with Gasteiger partial charge in [0, 0.05) is 6.04 Å². The van der Waals surface area contributed by atoms with Gasteiger partial charge in [0.1, 0.15) is 0 Å². The van der Waals surface area contributed by atoms with E-state index in [9.17, 15) is 5.11 Å². The molecule has 0 aromatic carbocycles. The second kappa shape index (κ2) is 11.4. The minimum absolute atomic E-state index is 0.0750. The molecule has 0 fully saturated rings. The minimum Gasteiger partial charge on any atom is -0.392 e. The molecule has 0 aromatic heterocycles. The van der Waals surface area contributed by atoms with Gasteiger partial charge in [-0.05, 0) is 13.3 Å². The van der Waals surface area contributed by atoms with Crippen LogP contribution in [0.4, 0.5) is 0 Å². The predicted molar refractivity (Wildman–Crippen MR) is 71.5 cm³/mol. The summed E-state index contributed by atoms with van der Waals surface area (Å²) in [6, 6.07) is -0.0750. The van der Waals surface area contributed by atoms with Crippen LogP contribution in [0.1, 0.15) is 78.1 Å². The first-order chi connectivity index (χ1) is 7.68. The molecule has 16 heavy (non-hydrogen) atoms. The van der Waals surface area contributed by atoms with Crippen molar-refractivity contribution in [3.8, 4) is 0 Å². The van der Waals surface area contributed by atoms with Gasteiger partial charge in [-0.1, -0.05) is 64.7 Å². The highest BCUT2D eigenvalue weighted by molar-refractivity contribution is 4.65.